The molecule has 1 aromatic carbocycles. The number of nitrogens with zero attached hydrogens (tertiary/aromatic N) is 3. The summed E-state index contributed by atoms with van der Waals surface area (Å²) in [5.41, 5.74) is 2.08. The molecule has 1 fully saturated rings. The maximum absolute atomic E-state index is 13.8. The van der Waals surface area contributed by atoms with Crippen molar-refractivity contribution in [1.29, 1.82) is 5.26 Å². The number of ether oxygens (including phenoxy) is 1. The Kier molecular flexibility index (Phi) is 3.80. The topological polar surface area (TPSA) is 49.2 Å². The van der Waals surface area contributed by atoms with Gasteiger partial charge in [-0.15, -0.1) is 0 Å². The molecule has 0 bridgehead atoms. The number of morpholine rings is 1. The molecule has 2 heterocycles. The zero-order chi connectivity index (χ0) is 14.7. The number of aromatic nitrogens is 1. The Balaban J connectivity index is 1.83. The van der Waals surface area contributed by atoms with Gasteiger partial charge in [0.05, 0.1) is 30.1 Å². The summed E-state index contributed by atoms with van der Waals surface area (Å²) in [7, 11) is 0. The van der Waals surface area contributed by atoms with Crippen molar-refractivity contribution in [2.75, 3.05) is 24.6 Å². The van der Waals surface area contributed by atoms with E-state index in [-0.39, 0.29) is 11.9 Å². The van der Waals surface area contributed by atoms with Gasteiger partial charge in [-0.25, -0.2) is 4.39 Å². The normalized spacial score (nSPS) is 18.3. The lowest BCUT2D eigenvalue weighted by Gasteiger charge is -2.34. The number of anilines is 1. The zero-order valence-corrected chi connectivity index (χ0v) is 11.4. The summed E-state index contributed by atoms with van der Waals surface area (Å²) in [4.78, 5) is 5.72. The highest BCUT2D eigenvalue weighted by Crippen LogP contribution is 2.27. The van der Waals surface area contributed by atoms with Gasteiger partial charge in [0.1, 0.15) is 6.10 Å². The van der Waals surface area contributed by atoms with Crippen molar-refractivity contribution in [3.8, 4) is 6.07 Å². The predicted octanol–water partition coefficient (Wildman–Crippen LogP) is 2.67. The Morgan fingerprint density at radius 2 is 2.29 bits per heavy atom. The Hall–Kier alpha value is -2.45. The number of nitriles is 1. The molecule has 1 unspecified atom stereocenters. The smallest absolute Gasteiger partial charge is 0.164 e. The maximum Gasteiger partial charge on any atom is 0.164 e. The van der Waals surface area contributed by atoms with Crippen LogP contribution in [0.3, 0.4) is 0 Å². The predicted molar refractivity (Wildman–Crippen MR) is 76.3 cm³/mol. The van der Waals surface area contributed by atoms with E-state index in [1.54, 1.807) is 18.3 Å². The van der Waals surface area contributed by atoms with Crippen LogP contribution in [0.2, 0.25) is 0 Å². The molecule has 0 N–H and O–H groups in total. The highest BCUT2D eigenvalue weighted by atomic mass is 19.1. The quantitative estimate of drug-likeness (QED) is 0.850. The SMILES string of the molecule is N#Cc1cccc(C2CN(c3ccncc3F)CCO2)c1. The van der Waals surface area contributed by atoms with Gasteiger partial charge in [-0.2, -0.15) is 5.26 Å². The lowest BCUT2D eigenvalue weighted by atomic mass is 10.0. The fraction of sp³-hybridized carbons (Fsp3) is 0.250. The van der Waals surface area contributed by atoms with Crippen LogP contribution in [0, 0.1) is 17.1 Å². The van der Waals surface area contributed by atoms with Crippen molar-refractivity contribution in [3.63, 3.8) is 0 Å². The van der Waals surface area contributed by atoms with Gasteiger partial charge in [0.15, 0.2) is 5.82 Å². The second-order valence-electron chi connectivity index (χ2n) is 4.87. The molecule has 4 nitrogen and oxygen atoms in total. The van der Waals surface area contributed by atoms with Crippen LogP contribution >= 0.6 is 0 Å². The Bertz CT molecular complexity index is 683. The molecule has 1 aromatic heterocycles. The third kappa shape index (κ3) is 2.86. The number of halogens is 1. The molecule has 0 radical (unpaired) electrons. The monoisotopic (exact) mass is 283 g/mol. The van der Waals surface area contributed by atoms with Gasteiger partial charge >= 0.3 is 0 Å². The number of hydrogen-bond acceptors (Lipinski definition) is 4. The lowest BCUT2D eigenvalue weighted by Crippen LogP contribution is -2.38. The van der Waals surface area contributed by atoms with E-state index in [0.717, 1.165) is 5.56 Å². The first-order valence-corrected chi connectivity index (χ1v) is 6.74. The minimum Gasteiger partial charge on any atom is -0.370 e. The van der Waals surface area contributed by atoms with Crippen molar-refractivity contribution < 1.29 is 9.13 Å². The van der Waals surface area contributed by atoms with E-state index < -0.39 is 0 Å². The van der Waals surface area contributed by atoms with Crippen LogP contribution in [-0.2, 0) is 4.74 Å². The van der Waals surface area contributed by atoms with E-state index in [0.29, 0.717) is 30.9 Å². The van der Waals surface area contributed by atoms with Crippen LogP contribution in [0.1, 0.15) is 17.2 Å². The third-order valence-electron chi connectivity index (χ3n) is 3.55. The summed E-state index contributed by atoms with van der Waals surface area (Å²) >= 11 is 0. The molecule has 5 heteroatoms. The van der Waals surface area contributed by atoms with Gasteiger partial charge in [-0.05, 0) is 23.8 Å². The minimum atomic E-state index is -0.330. The fourth-order valence-electron chi connectivity index (χ4n) is 2.50. The highest BCUT2D eigenvalue weighted by Gasteiger charge is 2.24. The molecule has 1 aliphatic heterocycles. The van der Waals surface area contributed by atoms with Crippen LogP contribution in [0.15, 0.2) is 42.7 Å². The van der Waals surface area contributed by atoms with Gasteiger partial charge < -0.3 is 9.64 Å². The molecular formula is C16H14FN3O. The molecule has 0 spiro atoms. The summed E-state index contributed by atoms with van der Waals surface area (Å²) in [5, 5.41) is 8.97. The first kappa shape index (κ1) is 13.5. The molecule has 21 heavy (non-hydrogen) atoms. The van der Waals surface area contributed by atoms with Gasteiger partial charge in [0.25, 0.3) is 0 Å². The van der Waals surface area contributed by atoms with Crippen LogP contribution in [0.5, 0.6) is 0 Å². The van der Waals surface area contributed by atoms with Crippen molar-refractivity contribution in [2.45, 2.75) is 6.10 Å². The molecule has 0 aliphatic carbocycles. The molecule has 3 rings (SSSR count). The van der Waals surface area contributed by atoms with E-state index in [1.165, 1.54) is 6.20 Å². The summed E-state index contributed by atoms with van der Waals surface area (Å²) in [6.45, 7) is 1.70. The van der Waals surface area contributed by atoms with Crippen LogP contribution in [0.4, 0.5) is 10.1 Å². The third-order valence-corrected chi connectivity index (χ3v) is 3.55. The Morgan fingerprint density at radius 3 is 3.10 bits per heavy atom. The maximum atomic E-state index is 13.8. The minimum absolute atomic E-state index is 0.167. The standard InChI is InChI=1S/C16H14FN3O/c17-14-10-19-5-4-15(14)20-6-7-21-16(11-20)13-3-1-2-12(8-13)9-18/h1-5,8,10,16H,6-7,11H2. The second-order valence-corrected chi connectivity index (χ2v) is 4.87. The fourth-order valence-corrected chi connectivity index (χ4v) is 2.50. The molecular weight excluding hydrogens is 269 g/mol. The number of rotatable bonds is 2. The highest BCUT2D eigenvalue weighted by molar-refractivity contribution is 5.47. The van der Waals surface area contributed by atoms with Gasteiger partial charge in [-0.3, -0.25) is 4.98 Å². The van der Waals surface area contributed by atoms with E-state index in [4.69, 9.17) is 10.00 Å². The first-order chi connectivity index (χ1) is 10.3. The zero-order valence-electron chi connectivity index (χ0n) is 11.4. The van der Waals surface area contributed by atoms with E-state index in [1.807, 2.05) is 23.1 Å². The van der Waals surface area contributed by atoms with Crippen LogP contribution < -0.4 is 4.90 Å². The van der Waals surface area contributed by atoms with Crippen molar-refractivity contribution in [3.05, 3.63) is 59.7 Å². The average Bonchev–Trinajstić information content (AvgIpc) is 2.55. The molecule has 106 valence electrons. The second kappa shape index (κ2) is 5.90. The van der Waals surface area contributed by atoms with Crippen LogP contribution in [-0.4, -0.2) is 24.7 Å². The van der Waals surface area contributed by atoms with Gasteiger partial charge in [0.2, 0.25) is 0 Å². The Morgan fingerprint density at radius 1 is 1.38 bits per heavy atom. The molecule has 0 saturated carbocycles. The first-order valence-electron chi connectivity index (χ1n) is 6.74. The van der Waals surface area contributed by atoms with E-state index in [2.05, 4.69) is 11.1 Å². The summed E-state index contributed by atoms with van der Waals surface area (Å²) < 4.78 is 19.6. The van der Waals surface area contributed by atoms with Crippen molar-refractivity contribution in [2.24, 2.45) is 0 Å². The Labute approximate surface area is 122 Å². The average molecular weight is 283 g/mol. The van der Waals surface area contributed by atoms with Crippen molar-refractivity contribution >= 4 is 5.69 Å². The molecule has 1 atom stereocenters. The summed E-state index contributed by atoms with van der Waals surface area (Å²) in [6.07, 6.45) is 2.63. The molecule has 1 saturated heterocycles. The summed E-state index contributed by atoms with van der Waals surface area (Å²) in [5.74, 6) is -0.330. The van der Waals surface area contributed by atoms with E-state index in [9.17, 15) is 4.39 Å². The largest absolute Gasteiger partial charge is 0.370 e. The number of pyridine rings is 1. The molecule has 2 aromatic rings. The van der Waals surface area contributed by atoms with E-state index >= 15 is 0 Å². The lowest BCUT2D eigenvalue weighted by molar-refractivity contribution is 0.0395. The van der Waals surface area contributed by atoms with Gasteiger partial charge in [0, 0.05) is 19.3 Å². The molecule has 1 aliphatic rings. The summed E-state index contributed by atoms with van der Waals surface area (Å²) in [6, 6.07) is 11.1. The van der Waals surface area contributed by atoms with Gasteiger partial charge in [-0.1, -0.05) is 12.1 Å². The van der Waals surface area contributed by atoms with Crippen LogP contribution in [0.25, 0.3) is 0 Å². The number of hydrogen-bond donors (Lipinski definition) is 0. The van der Waals surface area contributed by atoms with Crippen molar-refractivity contribution in [1.82, 2.24) is 4.98 Å². The number of benzene rings is 1. The molecule has 0 amide bonds.